The highest BCUT2D eigenvalue weighted by atomic mass is 14.4. The van der Waals surface area contributed by atoms with Crippen LogP contribution in [0.25, 0.3) is 0 Å². The third-order valence-electron chi connectivity index (χ3n) is 2.18. The Labute approximate surface area is 90.1 Å². The van der Waals surface area contributed by atoms with E-state index in [1.165, 1.54) is 0 Å². The van der Waals surface area contributed by atoms with Crippen molar-refractivity contribution in [3.05, 3.63) is 48.0 Å². The van der Waals surface area contributed by atoms with Crippen molar-refractivity contribution < 1.29 is 0 Å². The van der Waals surface area contributed by atoms with Gasteiger partial charge in [0, 0.05) is 6.42 Å². The van der Waals surface area contributed by atoms with Gasteiger partial charge in [0.1, 0.15) is 0 Å². The first kappa shape index (κ1) is 11.0. The Hall–Kier alpha value is -2.06. The molecular weight excluding hydrogens is 184 g/mol. The summed E-state index contributed by atoms with van der Waals surface area (Å²) >= 11 is 0. The standard InChI is InChI=1S/C13H12N2/c1-2-8-13(10-14,11-15)9-12-6-4-3-5-7-12/h2-8H,9H2,1H3. The maximum absolute atomic E-state index is 9.05. The van der Waals surface area contributed by atoms with E-state index in [1.807, 2.05) is 37.3 Å². The fourth-order valence-corrected chi connectivity index (χ4v) is 1.44. The second kappa shape index (κ2) is 4.98. The maximum Gasteiger partial charge on any atom is 0.165 e. The molecule has 0 amide bonds. The van der Waals surface area contributed by atoms with Crippen LogP contribution in [0.5, 0.6) is 0 Å². The Morgan fingerprint density at radius 2 is 1.80 bits per heavy atom. The van der Waals surface area contributed by atoms with Crippen molar-refractivity contribution in [2.24, 2.45) is 5.41 Å². The summed E-state index contributed by atoms with van der Waals surface area (Å²) in [5, 5.41) is 18.1. The van der Waals surface area contributed by atoms with Crippen molar-refractivity contribution in [1.82, 2.24) is 0 Å². The lowest BCUT2D eigenvalue weighted by molar-refractivity contribution is 0.656. The van der Waals surface area contributed by atoms with Crippen LogP contribution in [0.4, 0.5) is 0 Å². The van der Waals surface area contributed by atoms with Gasteiger partial charge >= 0.3 is 0 Å². The molecule has 0 heterocycles. The van der Waals surface area contributed by atoms with Crippen LogP contribution in [0.1, 0.15) is 12.5 Å². The molecule has 1 aromatic rings. The van der Waals surface area contributed by atoms with Gasteiger partial charge in [-0.1, -0.05) is 42.5 Å². The third-order valence-corrected chi connectivity index (χ3v) is 2.18. The largest absolute Gasteiger partial charge is 0.196 e. The Morgan fingerprint density at radius 1 is 1.20 bits per heavy atom. The number of hydrogen-bond acceptors (Lipinski definition) is 2. The first-order valence-electron chi connectivity index (χ1n) is 4.76. The summed E-state index contributed by atoms with van der Waals surface area (Å²) in [6.45, 7) is 1.81. The Kier molecular flexibility index (Phi) is 3.66. The molecule has 2 nitrogen and oxygen atoms in total. The zero-order valence-electron chi connectivity index (χ0n) is 8.64. The molecule has 0 aliphatic carbocycles. The third kappa shape index (κ3) is 2.69. The van der Waals surface area contributed by atoms with Crippen LogP contribution in [0.2, 0.25) is 0 Å². The summed E-state index contributed by atoms with van der Waals surface area (Å²) in [4.78, 5) is 0. The van der Waals surface area contributed by atoms with E-state index in [9.17, 15) is 0 Å². The molecule has 0 radical (unpaired) electrons. The number of rotatable bonds is 3. The monoisotopic (exact) mass is 196 g/mol. The lowest BCUT2D eigenvalue weighted by Crippen LogP contribution is -2.16. The molecule has 0 bridgehead atoms. The highest BCUT2D eigenvalue weighted by Crippen LogP contribution is 2.23. The fourth-order valence-electron chi connectivity index (χ4n) is 1.44. The van der Waals surface area contributed by atoms with Gasteiger partial charge in [0.05, 0.1) is 12.1 Å². The summed E-state index contributed by atoms with van der Waals surface area (Å²) in [5.41, 5.74) is -0.0328. The van der Waals surface area contributed by atoms with Gasteiger partial charge in [-0.05, 0) is 12.5 Å². The number of allylic oxidation sites excluding steroid dienone is 2. The van der Waals surface area contributed by atoms with Gasteiger partial charge in [-0.15, -0.1) is 0 Å². The lowest BCUT2D eigenvalue weighted by Gasteiger charge is -2.13. The molecule has 0 atom stereocenters. The van der Waals surface area contributed by atoms with Crippen LogP contribution in [-0.4, -0.2) is 0 Å². The number of nitriles is 2. The van der Waals surface area contributed by atoms with Crippen molar-refractivity contribution in [3.8, 4) is 12.1 Å². The predicted octanol–water partition coefficient (Wildman–Crippen LogP) is 2.84. The molecule has 0 saturated carbocycles. The van der Waals surface area contributed by atoms with E-state index in [4.69, 9.17) is 10.5 Å². The van der Waals surface area contributed by atoms with E-state index >= 15 is 0 Å². The maximum atomic E-state index is 9.05. The molecule has 15 heavy (non-hydrogen) atoms. The minimum Gasteiger partial charge on any atom is -0.196 e. The lowest BCUT2D eigenvalue weighted by atomic mass is 9.84. The molecule has 0 fully saturated rings. The average molecular weight is 196 g/mol. The van der Waals surface area contributed by atoms with E-state index in [2.05, 4.69) is 12.1 Å². The highest BCUT2D eigenvalue weighted by Gasteiger charge is 2.26. The molecule has 0 N–H and O–H groups in total. The SMILES string of the molecule is CC=CC(C#N)(C#N)Cc1ccccc1. The normalized spacial score (nSPS) is 10.9. The molecule has 0 aromatic heterocycles. The summed E-state index contributed by atoms with van der Waals surface area (Å²) in [7, 11) is 0. The van der Waals surface area contributed by atoms with Gasteiger partial charge in [-0.25, -0.2) is 0 Å². The summed E-state index contributed by atoms with van der Waals surface area (Å²) < 4.78 is 0. The zero-order chi connectivity index (χ0) is 11.1. The van der Waals surface area contributed by atoms with Gasteiger partial charge in [0.25, 0.3) is 0 Å². The quantitative estimate of drug-likeness (QED) is 0.698. The molecule has 1 rings (SSSR count). The second-order valence-electron chi connectivity index (χ2n) is 3.36. The molecular formula is C13H12N2. The van der Waals surface area contributed by atoms with E-state index in [0.29, 0.717) is 6.42 Å². The van der Waals surface area contributed by atoms with Crippen LogP contribution in [-0.2, 0) is 6.42 Å². The van der Waals surface area contributed by atoms with E-state index in [-0.39, 0.29) is 0 Å². The minimum atomic E-state index is -1.03. The first-order valence-corrected chi connectivity index (χ1v) is 4.76. The predicted molar refractivity (Wildman–Crippen MR) is 58.6 cm³/mol. The summed E-state index contributed by atoms with van der Waals surface area (Å²) in [5.74, 6) is 0. The van der Waals surface area contributed by atoms with Crippen LogP contribution in [0.3, 0.4) is 0 Å². The molecule has 0 aliphatic heterocycles. The summed E-state index contributed by atoms with van der Waals surface area (Å²) in [6.07, 6.45) is 3.83. The van der Waals surface area contributed by atoms with Gasteiger partial charge in [-0.3, -0.25) is 0 Å². The van der Waals surface area contributed by atoms with Crippen molar-refractivity contribution in [1.29, 1.82) is 10.5 Å². The zero-order valence-corrected chi connectivity index (χ0v) is 8.64. The average Bonchev–Trinajstić information content (AvgIpc) is 2.30. The molecule has 1 aromatic carbocycles. The van der Waals surface area contributed by atoms with E-state index in [0.717, 1.165) is 5.56 Å². The van der Waals surface area contributed by atoms with E-state index < -0.39 is 5.41 Å². The second-order valence-corrected chi connectivity index (χ2v) is 3.36. The minimum absolute atomic E-state index is 0.436. The number of hydrogen-bond donors (Lipinski definition) is 0. The van der Waals surface area contributed by atoms with Crippen molar-refractivity contribution in [2.45, 2.75) is 13.3 Å². The van der Waals surface area contributed by atoms with Crippen molar-refractivity contribution in [3.63, 3.8) is 0 Å². The smallest absolute Gasteiger partial charge is 0.165 e. The molecule has 0 saturated heterocycles. The van der Waals surface area contributed by atoms with Crippen LogP contribution >= 0.6 is 0 Å². The molecule has 0 spiro atoms. The van der Waals surface area contributed by atoms with Crippen LogP contribution in [0, 0.1) is 28.1 Å². The fraction of sp³-hybridized carbons (Fsp3) is 0.231. The first-order chi connectivity index (χ1) is 7.26. The Morgan fingerprint density at radius 3 is 2.27 bits per heavy atom. The van der Waals surface area contributed by atoms with Crippen LogP contribution in [0.15, 0.2) is 42.5 Å². The van der Waals surface area contributed by atoms with Gasteiger partial charge in [-0.2, -0.15) is 10.5 Å². The summed E-state index contributed by atoms with van der Waals surface area (Å²) in [6, 6.07) is 13.7. The van der Waals surface area contributed by atoms with Gasteiger partial charge < -0.3 is 0 Å². The molecule has 0 unspecified atom stereocenters. The molecule has 0 aliphatic rings. The number of nitrogens with zero attached hydrogens (tertiary/aromatic N) is 2. The topological polar surface area (TPSA) is 47.6 Å². The van der Waals surface area contributed by atoms with Gasteiger partial charge in [0.2, 0.25) is 0 Å². The van der Waals surface area contributed by atoms with Crippen LogP contribution < -0.4 is 0 Å². The van der Waals surface area contributed by atoms with Gasteiger partial charge in [0.15, 0.2) is 5.41 Å². The van der Waals surface area contributed by atoms with Crippen molar-refractivity contribution >= 4 is 0 Å². The number of benzene rings is 1. The molecule has 74 valence electrons. The highest BCUT2D eigenvalue weighted by molar-refractivity contribution is 5.30. The van der Waals surface area contributed by atoms with Crippen molar-refractivity contribution in [2.75, 3.05) is 0 Å². The van der Waals surface area contributed by atoms with E-state index in [1.54, 1.807) is 12.2 Å². The Balaban J connectivity index is 2.97. The molecule has 2 heteroatoms. The Bertz CT molecular complexity index is 404.